The van der Waals surface area contributed by atoms with Crippen LogP contribution in [0.2, 0.25) is 5.02 Å². The first-order valence-corrected chi connectivity index (χ1v) is 5.11. The summed E-state index contributed by atoms with van der Waals surface area (Å²) in [4.78, 5) is 2.85. The van der Waals surface area contributed by atoms with Crippen molar-refractivity contribution in [2.75, 3.05) is 0 Å². The zero-order valence-electron chi connectivity index (χ0n) is 7.92. The maximum absolute atomic E-state index is 13.7. The summed E-state index contributed by atoms with van der Waals surface area (Å²) in [6.45, 7) is 1.84. The van der Waals surface area contributed by atoms with Gasteiger partial charge in [0.15, 0.2) is 10.6 Å². The predicted molar refractivity (Wildman–Crippen MR) is 60.7 cm³/mol. The lowest BCUT2D eigenvalue weighted by atomic mass is 10.3. The largest absolute Gasteiger partial charge is 0.337 e. The number of aromatic amines is 1. The van der Waals surface area contributed by atoms with Gasteiger partial charge in [-0.3, -0.25) is 4.57 Å². The summed E-state index contributed by atoms with van der Waals surface area (Å²) in [7, 11) is 0. The first-order chi connectivity index (χ1) is 7.11. The Bertz CT molecular complexity index is 559. The topological polar surface area (TPSA) is 20.7 Å². The Labute approximate surface area is 96.3 Å². The summed E-state index contributed by atoms with van der Waals surface area (Å²) >= 11 is 10.8. The molecule has 0 aliphatic heterocycles. The van der Waals surface area contributed by atoms with Gasteiger partial charge in [-0.2, -0.15) is 0 Å². The van der Waals surface area contributed by atoms with Crippen molar-refractivity contribution in [2.24, 2.45) is 0 Å². The monoisotopic (exact) mass is 242 g/mol. The molecule has 2 nitrogen and oxygen atoms in total. The van der Waals surface area contributed by atoms with Gasteiger partial charge in [-0.1, -0.05) is 17.7 Å². The second kappa shape index (κ2) is 3.79. The molecule has 0 amide bonds. The molecule has 2 aromatic rings. The van der Waals surface area contributed by atoms with Crippen LogP contribution in [0, 0.1) is 17.5 Å². The number of H-pyrrole nitrogens is 1. The third-order valence-corrected chi connectivity index (χ3v) is 2.72. The molecule has 0 fully saturated rings. The van der Waals surface area contributed by atoms with Crippen LogP contribution in [-0.4, -0.2) is 9.55 Å². The van der Waals surface area contributed by atoms with E-state index in [1.165, 1.54) is 6.07 Å². The lowest BCUT2D eigenvalue weighted by Crippen LogP contribution is -2.00. The Morgan fingerprint density at radius 3 is 2.80 bits per heavy atom. The van der Waals surface area contributed by atoms with E-state index in [0.29, 0.717) is 10.5 Å². The minimum atomic E-state index is -0.460. The number of benzene rings is 1. The highest BCUT2D eigenvalue weighted by atomic mass is 35.5. The number of hydrogen-bond donors (Lipinski definition) is 1. The van der Waals surface area contributed by atoms with Crippen LogP contribution in [-0.2, 0) is 0 Å². The van der Waals surface area contributed by atoms with E-state index in [1.54, 1.807) is 22.9 Å². The van der Waals surface area contributed by atoms with E-state index in [2.05, 4.69) is 4.98 Å². The molecule has 1 aromatic carbocycles. The van der Waals surface area contributed by atoms with Crippen LogP contribution in [0.5, 0.6) is 0 Å². The van der Waals surface area contributed by atoms with Crippen LogP contribution >= 0.6 is 23.8 Å². The third-order valence-electron chi connectivity index (χ3n) is 2.13. The van der Waals surface area contributed by atoms with Gasteiger partial charge < -0.3 is 4.98 Å². The number of aromatic nitrogens is 2. The number of rotatable bonds is 1. The smallest absolute Gasteiger partial charge is 0.182 e. The zero-order chi connectivity index (χ0) is 11.0. The van der Waals surface area contributed by atoms with E-state index in [-0.39, 0.29) is 5.02 Å². The van der Waals surface area contributed by atoms with Gasteiger partial charge in [-0.05, 0) is 31.3 Å². The summed E-state index contributed by atoms with van der Waals surface area (Å²) < 4.78 is 15.8. The number of imidazole rings is 1. The highest BCUT2D eigenvalue weighted by molar-refractivity contribution is 7.71. The average Bonchev–Trinajstić information content (AvgIpc) is 2.52. The number of hydrogen-bond acceptors (Lipinski definition) is 1. The van der Waals surface area contributed by atoms with Crippen molar-refractivity contribution in [3.63, 3.8) is 0 Å². The molecule has 15 heavy (non-hydrogen) atoms. The second-order valence-electron chi connectivity index (χ2n) is 3.14. The van der Waals surface area contributed by atoms with Crippen LogP contribution in [0.15, 0.2) is 24.4 Å². The summed E-state index contributed by atoms with van der Waals surface area (Å²) in [6, 6.07) is 4.83. The standard InChI is InChI=1S/C10H8ClFN2S/c1-6-5-13-10(15)14(6)8-4-2-3-7(11)9(8)12/h2-5H,1H3,(H,13,15). The first kappa shape index (κ1) is 10.4. The molecule has 0 atom stereocenters. The average molecular weight is 243 g/mol. The summed E-state index contributed by atoms with van der Waals surface area (Å²) in [5.41, 5.74) is 1.20. The highest BCUT2D eigenvalue weighted by Gasteiger charge is 2.10. The lowest BCUT2D eigenvalue weighted by Gasteiger charge is -2.07. The predicted octanol–water partition coefficient (Wildman–Crippen LogP) is 3.64. The zero-order valence-corrected chi connectivity index (χ0v) is 9.49. The minimum Gasteiger partial charge on any atom is -0.337 e. The Morgan fingerprint density at radius 1 is 1.47 bits per heavy atom. The van der Waals surface area contributed by atoms with E-state index in [0.717, 1.165) is 5.69 Å². The second-order valence-corrected chi connectivity index (χ2v) is 3.94. The van der Waals surface area contributed by atoms with E-state index in [1.807, 2.05) is 6.92 Å². The fourth-order valence-electron chi connectivity index (χ4n) is 1.42. The molecule has 0 saturated heterocycles. The van der Waals surface area contributed by atoms with Crippen LogP contribution in [0.3, 0.4) is 0 Å². The van der Waals surface area contributed by atoms with E-state index < -0.39 is 5.82 Å². The summed E-state index contributed by atoms with van der Waals surface area (Å²) in [5, 5.41) is 0.0926. The molecule has 5 heteroatoms. The Kier molecular flexibility index (Phi) is 2.63. The van der Waals surface area contributed by atoms with Gasteiger partial charge in [0.25, 0.3) is 0 Å². The van der Waals surface area contributed by atoms with Crippen molar-refractivity contribution in [2.45, 2.75) is 6.92 Å². The van der Waals surface area contributed by atoms with Crippen molar-refractivity contribution in [1.29, 1.82) is 0 Å². The molecule has 0 aliphatic rings. The van der Waals surface area contributed by atoms with Crippen molar-refractivity contribution in [3.8, 4) is 5.69 Å². The molecule has 1 N–H and O–H groups in total. The number of nitrogens with zero attached hydrogens (tertiary/aromatic N) is 1. The first-order valence-electron chi connectivity index (χ1n) is 4.32. The number of nitrogens with one attached hydrogen (secondary N) is 1. The molecular formula is C10H8ClFN2S. The molecule has 2 rings (SSSR count). The molecule has 1 heterocycles. The summed E-state index contributed by atoms with van der Waals surface area (Å²) in [5.74, 6) is -0.460. The SMILES string of the molecule is Cc1c[nH]c(=S)n1-c1cccc(Cl)c1F. The molecule has 0 spiro atoms. The molecular weight excluding hydrogens is 235 g/mol. The van der Waals surface area contributed by atoms with Gasteiger partial charge in [0.1, 0.15) is 0 Å². The van der Waals surface area contributed by atoms with Gasteiger partial charge in [0, 0.05) is 11.9 Å². The molecule has 0 aliphatic carbocycles. The van der Waals surface area contributed by atoms with Crippen molar-refractivity contribution in [1.82, 2.24) is 9.55 Å². The van der Waals surface area contributed by atoms with E-state index in [9.17, 15) is 4.39 Å². The van der Waals surface area contributed by atoms with Crippen molar-refractivity contribution < 1.29 is 4.39 Å². The van der Waals surface area contributed by atoms with Crippen molar-refractivity contribution in [3.05, 3.63) is 45.7 Å². The molecule has 0 bridgehead atoms. The molecule has 0 unspecified atom stereocenters. The van der Waals surface area contributed by atoms with Gasteiger partial charge in [-0.25, -0.2) is 4.39 Å². The van der Waals surface area contributed by atoms with Gasteiger partial charge >= 0.3 is 0 Å². The maximum atomic E-state index is 13.7. The molecule has 0 radical (unpaired) electrons. The fraction of sp³-hybridized carbons (Fsp3) is 0.100. The Morgan fingerprint density at radius 2 is 2.20 bits per heavy atom. The van der Waals surface area contributed by atoms with Crippen LogP contribution in [0.4, 0.5) is 4.39 Å². The highest BCUT2D eigenvalue weighted by Crippen LogP contribution is 2.22. The number of halogens is 2. The van der Waals surface area contributed by atoms with Gasteiger partial charge in [-0.15, -0.1) is 0 Å². The van der Waals surface area contributed by atoms with Crippen molar-refractivity contribution >= 4 is 23.8 Å². The van der Waals surface area contributed by atoms with Gasteiger partial charge in [0.2, 0.25) is 0 Å². The number of aryl methyl sites for hydroxylation is 1. The Hall–Kier alpha value is -1.13. The quantitative estimate of drug-likeness (QED) is 0.758. The lowest BCUT2D eigenvalue weighted by molar-refractivity contribution is 0.616. The fourth-order valence-corrected chi connectivity index (χ4v) is 1.89. The van der Waals surface area contributed by atoms with E-state index >= 15 is 0 Å². The normalized spacial score (nSPS) is 10.6. The molecule has 78 valence electrons. The third kappa shape index (κ3) is 1.70. The minimum absolute atomic E-state index is 0.0926. The Balaban J connectivity index is 2.75. The van der Waals surface area contributed by atoms with Crippen LogP contribution in [0.1, 0.15) is 5.69 Å². The summed E-state index contributed by atoms with van der Waals surface area (Å²) in [6.07, 6.45) is 1.72. The molecule has 0 saturated carbocycles. The van der Waals surface area contributed by atoms with Gasteiger partial charge in [0.05, 0.1) is 10.7 Å². The van der Waals surface area contributed by atoms with Crippen LogP contribution in [0.25, 0.3) is 5.69 Å². The molecule has 1 aromatic heterocycles. The maximum Gasteiger partial charge on any atom is 0.182 e. The van der Waals surface area contributed by atoms with Crippen LogP contribution < -0.4 is 0 Å². The van der Waals surface area contributed by atoms with E-state index in [4.69, 9.17) is 23.8 Å².